The van der Waals surface area contributed by atoms with Gasteiger partial charge >= 0.3 is 0 Å². The van der Waals surface area contributed by atoms with Gasteiger partial charge in [0.05, 0.1) is 13.7 Å². The van der Waals surface area contributed by atoms with E-state index in [9.17, 15) is 0 Å². The van der Waals surface area contributed by atoms with Crippen LogP contribution in [0.15, 0.2) is 48.5 Å². The standard InChI is InChI=1S/C14H11NO2/c1-15-11-5-3-7-13(9-11)17-14-8-4-6-12(10-14)16-2/h3-10H,2H3. The highest BCUT2D eigenvalue weighted by Crippen LogP contribution is 2.27. The second kappa shape index (κ2) is 5.04. The van der Waals surface area contributed by atoms with E-state index in [2.05, 4.69) is 4.85 Å². The molecule has 0 spiro atoms. The highest BCUT2D eigenvalue weighted by molar-refractivity contribution is 5.50. The van der Waals surface area contributed by atoms with E-state index >= 15 is 0 Å². The average molecular weight is 225 g/mol. The van der Waals surface area contributed by atoms with Gasteiger partial charge in [-0.15, -0.1) is 0 Å². The smallest absolute Gasteiger partial charge is 0.190 e. The van der Waals surface area contributed by atoms with Gasteiger partial charge in [0, 0.05) is 6.07 Å². The van der Waals surface area contributed by atoms with Crippen LogP contribution in [0.4, 0.5) is 5.69 Å². The molecule has 0 N–H and O–H groups in total. The van der Waals surface area contributed by atoms with Crippen molar-refractivity contribution in [2.45, 2.75) is 0 Å². The molecule has 0 aromatic heterocycles. The first-order chi connectivity index (χ1) is 8.31. The molecule has 0 amide bonds. The van der Waals surface area contributed by atoms with Crippen molar-refractivity contribution < 1.29 is 9.47 Å². The minimum absolute atomic E-state index is 0.561. The van der Waals surface area contributed by atoms with Crippen LogP contribution in [0.3, 0.4) is 0 Å². The van der Waals surface area contributed by atoms with E-state index in [1.165, 1.54) is 0 Å². The quantitative estimate of drug-likeness (QED) is 0.736. The van der Waals surface area contributed by atoms with Crippen LogP contribution < -0.4 is 9.47 Å². The molecule has 2 aromatic rings. The maximum atomic E-state index is 6.93. The molecule has 0 aliphatic carbocycles. The summed E-state index contributed by atoms with van der Waals surface area (Å²) in [5.41, 5.74) is 0.561. The summed E-state index contributed by atoms with van der Waals surface area (Å²) in [4.78, 5) is 3.35. The first-order valence-electron chi connectivity index (χ1n) is 5.11. The third-order valence-corrected chi connectivity index (χ3v) is 2.22. The first kappa shape index (κ1) is 11.0. The molecule has 84 valence electrons. The minimum atomic E-state index is 0.561. The molecule has 0 radical (unpaired) electrons. The zero-order valence-electron chi connectivity index (χ0n) is 9.38. The third kappa shape index (κ3) is 2.76. The summed E-state index contributed by atoms with van der Waals surface area (Å²) in [6.45, 7) is 6.93. The zero-order valence-corrected chi connectivity index (χ0v) is 9.38. The van der Waals surface area contributed by atoms with Gasteiger partial charge in [0.15, 0.2) is 5.69 Å². The first-order valence-corrected chi connectivity index (χ1v) is 5.11. The summed E-state index contributed by atoms with van der Waals surface area (Å²) in [6, 6.07) is 14.4. The van der Waals surface area contributed by atoms with Crippen LogP contribution in [0.25, 0.3) is 4.85 Å². The summed E-state index contributed by atoms with van der Waals surface area (Å²) < 4.78 is 10.7. The molecule has 0 atom stereocenters. The molecule has 0 aliphatic rings. The summed E-state index contributed by atoms with van der Waals surface area (Å²) >= 11 is 0. The van der Waals surface area contributed by atoms with Crippen molar-refractivity contribution in [2.24, 2.45) is 0 Å². The molecule has 0 saturated carbocycles. The molecule has 3 nitrogen and oxygen atoms in total. The predicted molar refractivity (Wildman–Crippen MR) is 65.8 cm³/mol. The van der Waals surface area contributed by atoms with Crippen molar-refractivity contribution in [3.8, 4) is 17.2 Å². The summed E-state index contributed by atoms with van der Waals surface area (Å²) in [7, 11) is 1.61. The lowest BCUT2D eigenvalue weighted by Crippen LogP contribution is -1.86. The minimum Gasteiger partial charge on any atom is -0.497 e. The second-order valence-corrected chi connectivity index (χ2v) is 3.39. The lowest BCUT2D eigenvalue weighted by Gasteiger charge is -2.07. The third-order valence-electron chi connectivity index (χ3n) is 2.22. The van der Waals surface area contributed by atoms with Crippen LogP contribution in [0.1, 0.15) is 0 Å². The molecule has 2 aromatic carbocycles. The van der Waals surface area contributed by atoms with Gasteiger partial charge in [-0.1, -0.05) is 18.2 Å². The van der Waals surface area contributed by atoms with Gasteiger partial charge in [-0.3, -0.25) is 0 Å². The molecule has 0 aliphatic heterocycles. The molecule has 0 fully saturated rings. The number of hydrogen-bond donors (Lipinski definition) is 0. The average Bonchev–Trinajstić information content (AvgIpc) is 2.39. The Morgan fingerprint density at radius 2 is 1.59 bits per heavy atom. The summed E-state index contributed by atoms with van der Waals surface area (Å²) in [5.74, 6) is 2.07. The van der Waals surface area contributed by atoms with Gasteiger partial charge in [-0.05, 0) is 24.3 Å². The Kier molecular flexibility index (Phi) is 3.27. The van der Waals surface area contributed by atoms with Gasteiger partial charge in [-0.2, -0.15) is 0 Å². The number of rotatable bonds is 3. The van der Waals surface area contributed by atoms with Crippen molar-refractivity contribution in [3.05, 3.63) is 59.9 Å². The molecule has 0 heterocycles. The van der Waals surface area contributed by atoms with Crippen LogP contribution in [-0.2, 0) is 0 Å². The van der Waals surface area contributed by atoms with E-state index in [1.807, 2.05) is 24.3 Å². The van der Waals surface area contributed by atoms with Gasteiger partial charge in [-0.25, -0.2) is 4.85 Å². The topological polar surface area (TPSA) is 22.8 Å². The molecule has 2 rings (SSSR count). The van der Waals surface area contributed by atoms with Gasteiger partial charge in [0.25, 0.3) is 0 Å². The van der Waals surface area contributed by atoms with Crippen LogP contribution >= 0.6 is 0 Å². The van der Waals surface area contributed by atoms with Crippen molar-refractivity contribution in [1.82, 2.24) is 0 Å². The summed E-state index contributed by atoms with van der Waals surface area (Å²) in [6.07, 6.45) is 0. The Morgan fingerprint density at radius 3 is 2.29 bits per heavy atom. The van der Waals surface area contributed by atoms with Crippen LogP contribution in [0.2, 0.25) is 0 Å². The largest absolute Gasteiger partial charge is 0.497 e. The van der Waals surface area contributed by atoms with Crippen LogP contribution in [-0.4, -0.2) is 7.11 Å². The zero-order chi connectivity index (χ0) is 12.1. The van der Waals surface area contributed by atoms with Crippen LogP contribution in [0.5, 0.6) is 17.2 Å². The number of benzene rings is 2. The molecule has 0 saturated heterocycles. The van der Waals surface area contributed by atoms with Crippen LogP contribution in [0, 0.1) is 6.57 Å². The Hall–Kier alpha value is -2.47. The monoisotopic (exact) mass is 225 g/mol. The Labute approximate surface area is 100 Å². The van der Waals surface area contributed by atoms with E-state index in [0.717, 1.165) is 5.75 Å². The van der Waals surface area contributed by atoms with E-state index in [0.29, 0.717) is 17.2 Å². The fourth-order valence-corrected chi connectivity index (χ4v) is 1.42. The van der Waals surface area contributed by atoms with Gasteiger partial charge < -0.3 is 9.47 Å². The second-order valence-electron chi connectivity index (χ2n) is 3.39. The highest BCUT2D eigenvalue weighted by atomic mass is 16.5. The number of nitrogens with zero attached hydrogens (tertiary/aromatic N) is 1. The Bertz CT molecular complexity index is 558. The lowest BCUT2D eigenvalue weighted by atomic mass is 10.3. The SMILES string of the molecule is [C-]#[N+]c1cccc(Oc2cccc(OC)c2)c1. The van der Waals surface area contributed by atoms with Crippen molar-refractivity contribution in [3.63, 3.8) is 0 Å². The van der Waals surface area contributed by atoms with Crippen molar-refractivity contribution in [1.29, 1.82) is 0 Å². The predicted octanol–water partition coefficient (Wildman–Crippen LogP) is 4.04. The maximum absolute atomic E-state index is 6.93. The normalized spacial score (nSPS) is 9.41. The van der Waals surface area contributed by atoms with Gasteiger partial charge in [0.1, 0.15) is 17.2 Å². The molecule has 0 unspecified atom stereocenters. The molecule has 0 bridgehead atoms. The summed E-state index contributed by atoms with van der Waals surface area (Å²) in [5, 5.41) is 0. The molecule has 3 heteroatoms. The fraction of sp³-hybridized carbons (Fsp3) is 0.0714. The van der Waals surface area contributed by atoms with Gasteiger partial charge in [0.2, 0.25) is 0 Å². The Balaban J connectivity index is 2.22. The molecule has 17 heavy (non-hydrogen) atoms. The number of hydrogen-bond acceptors (Lipinski definition) is 2. The van der Waals surface area contributed by atoms with Crippen molar-refractivity contribution in [2.75, 3.05) is 7.11 Å². The molecular weight excluding hydrogens is 214 g/mol. The van der Waals surface area contributed by atoms with E-state index < -0.39 is 0 Å². The fourth-order valence-electron chi connectivity index (χ4n) is 1.42. The maximum Gasteiger partial charge on any atom is 0.190 e. The number of methoxy groups -OCH3 is 1. The number of ether oxygens (including phenoxy) is 2. The highest BCUT2D eigenvalue weighted by Gasteiger charge is 2.00. The van der Waals surface area contributed by atoms with E-state index in [4.69, 9.17) is 16.0 Å². The Morgan fingerprint density at radius 1 is 0.941 bits per heavy atom. The van der Waals surface area contributed by atoms with Crippen molar-refractivity contribution >= 4 is 5.69 Å². The lowest BCUT2D eigenvalue weighted by molar-refractivity contribution is 0.409. The van der Waals surface area contributed by atoms with E-state index in [-0.39, 0.29) is 0 Å². The molecular formula is C14H11NO2. The van der Waals surface area contributed by atoms with E-state index in [1.54, 1.807) is 31.4 Å².